The van der Waals surface area contributed by atoms with Crippen molar-refractivity contribution in [1.82, 2.24) is 0 Å². The maximum atomic E-state index is 11.1. The van der Waals surface area contributed by atoms with Gasteiger partial charge in [0.25, 0.3) is 0 Å². The lowest BCUT2D eigenvalue weighted by molar-refractivity contribution is -0.142. The molecule has 0 amide bonds. The van der Waals surface area contributed by atoms with E-state index >= 15 is 0 Å². The Morgan fingerprint density at radius 1 is 1.50 bits per heavy atom. The number of rotatable bonds is 4. The lowest BCUT2D eigenvalue weighted by Crippen LogP contribution is -2.01. The smallest absolute Gasteiger partial charge is 0.309 e. The normalized spacial score (nSPS) is 10.7. The third kappa shape index (κ3) is 4.19. The second-order valence-electron chi connectivity index (χ2n) is 3.44. The van der Waals surface area contributed by atoms with E-state index in [9.17, 15) is 4.79 Å². The van der Waals surface area contributed by atoms with Crippen molar-refractivity contribution in [2.24, 2.45) is 0 Å². The van der Waals surface area contributed by atoms with E-state index in [0.717, 1.165) is 10.0 Å². The quantitative estimate of drug-likeness (QED) is 0.787. The molecular formula is C13H15BrO2. The molecule has 0 bridgehead atoms. The van der Waals surface area contributed by atoms with Gasteiger partial charge in [0, 0.05) is 4.47 Å². The van der Waals surface area contributed by atoms with Crippen LogP contribution in [0.1, 0.15) is 24.5 Å². The lowest BCUT2D eigenvalue weighted by Gasteiger charge is -2.00. The first-order valence-corrected chi connectivity index (χ1v) is 6.01. The standard InChI is InChI=1S/C13H15BrO2/c1-3-16-13(15)6-4-5-11-9-10(2)7-8-12(11)14/h4-5,7-9H,3,6H2,1-2H3. The highest BCUT2D eigenvalue weighted by Crippen LogP contribution is 2.19. The molecule has 1 aromatic carbocycles. The molecule has 0 aliphatic carbocycles. The second kappa shape index (κ2) is 6.48. The zero-order valence-electron chi connectivity index (χ0n) is 9.50. The van der Waals surface area contributed by atoms with E-state index < -0.39 is 0 Å². The summed E-state index contributed by atoms with van der Waals surface area (Å²) in [5, 5.41) is 0. The van der Waals surface area contributed by atoms with Crippen LogP contribution in [0.15, 0.2) is 28.7 Å². The molecule has 16 heavy (non-hydrogen) atoms. The molecule has 2 nitrogen and oxygen atoms in total. The van der Waals surface area contributed by atoms with E-state index in [4.69, 9.17) is 4.74 Å². The fraction of sp³-hybridized carbons (Fsp3) is 0.308. The van der Waals surface area contributed by atoms with Gasteiger partial charge in [-0.25, -0.2) is 0 Å². The van der Waals surface area contributed by atoms with E-state index in [-0.39, 0.29) is 5.97 Å². The molecule has 0 radical (unpaired) electrons. The maximum absolute atomic E-state index is 11.1. The van der Waals surface area contributed by atoms with Gasteiger partial charge in [0.2, 0.25) is 0 Å². The van der Waals surface area contributed by atoms with Gasteiger partial charge in [-0.3, -0.25) is 4.79 Å². The first-order chi connectivity index (χ1) is 7.63. The van der Waals surface area contributed by atoms with Gasteiger partial charge in [0.1, 0.15) is 0 Å². The zero-order chi connectivity index (χ0) is 12.0. The highest BCUT2D eigenvalue weighted by molar-refractivity contribution is 9.10. The Morgan fingerprint density at radius 3 is 2.94 bits per heavy atom. The average Bonchev–Trinajstić information content (AvgIpc) is 2.23. The number of aryl methyl sites for hydroxylation is 1. The number of esters is 1. The lowest BCUT2D eigenvalue weighted by atomic mass is 10.1. The summed E-state index contributed by atoms with van der Waals surface area (Å²) in [6, 6.07) is 6.10. The molecule has 3 heteroatoms. The Kier molecular flexibility index (Phi) is 5.26. The number of ether oxygens (including phenoxy) is 1. The molecule has 1 aromatic rings. The minimum Gasteiger partial charge on any atom is -0.466 e. The van der Waals surface area contributed by atoms with Gasteiger partial charge < -0.3 is 4.74 Å². The van der Waals surface area contributed by atoms with E-state index in [1.165, 1.54) is 5.56 Å². The summed E-state index contributed by atoms with van der Waals surface area (Å²) in [6.07, 6.45) is 4.06. The number of carbonyl (C=O) groups is 1. The third-order valence-electron chi connectivity index (χ3n) is 2.04. The molecule has 0 aliphatic rings. The molecule has 0 saturated carbocycles. The molecule has 0 aliphatic heterocycles. The summed E-state index contributed by atoms with van der Waals surface area (Å²) in [5.41, 5.74) is 2.27. The van der Waals surface area contributed by atoms with Crippen LogP contribution in [0, 0.1) is 6.92 Å². The van der Waals surface area contributed by atoms with Crippen LogP contribution in [0.25, 0.3) is 6.08 Å². The minimum absolute atomic E-state index is 0.192. The van der Waals surface area contributed by atoms with Crippen LogP contribution in [0.3, 0.4) is 0 Å². The second-order valence-corrected chi connectivity index (χ2v) is 4.29. The van der Waals surface area contributed by atoms with Crippen LogP contribution in [-0.4, -0.2) is 12.6 Å². The number of hydrogen-bond acceptors (Lipinski definition) is 2. The minimum atomic E-state index is -0.192. The Morgan fingerprint density at radius 2 is 2.25 bits per heavy atom. The molecular weight excluding hydrogens is 268 g/mol. The van der Waals surface area contributed by atoms with Crippen LogP contribution in [0.4, 0.5) is 0 Å². The SMILES string of the molecule is CCOC(=O)CC=Cc1cc(C)ccc1Br. The van der Waals surface area contributed by atoms with Gasteiger partial charge in [-0.2, -0.15) is 0 Å². The number of carbonyl (C=O) groups excluding carboxylic acids is 1. The first-order valence-electron chi connectivity index (χ1n) is 5.21. The largest absolute Gasteiger partial charge is 0.466 e. The Bertz CT molecular complexity index is 397. The van der Waals surface area contributed by atoms with E-state index in [1.54, 1.807) is 6.92 Å². The highest BCUT2D eigenvalue weighted by Gasteiger charge is 1.98. The van der Waals surface area contributed by atoms with E-state index in [0.29, 0.717) is 13.0 Å². The third-order valence-corrected chi connectivity index (χ3v) is 2.76. The van der Waals surface area contributed by atoms with Crippen molar-refractivity contribution in [3.8, 4) is 0 Å². The van der Waals surface area contributed by atoms with Crippen molar-refractivity contribution in [1.29, 1.82) is 0 Å². The molecule has 0 aromatic heterocycles. The van der Waals surface area contributed by atoms with Gasteiger partial charge in [-0.1, -0.05) is 45.8 Å². The fourth-order valence-electron chi connectivity index (χ4n) is 1.29. The van der Waals surface area contributed by atoms with Crippen molar-refractivity contribution in [3.63, 3.8) is 0 Å². The summed E-state index contributed by atoms with van der Waals surface area (Å²) in [6.45, 7) is 4.27. The van der Waals surface area contributed by atoms with Gasteiger partial charge in [-0.15, -0.1) is 0 Å². The van der Waals surface area contributed by atoms with Crippen molar-refractivity contribution < 1.29 is 9.53 Å². The molecule has 0 unspecified atom stereocenters. The number of halogens is 1. The van der Waals surface area contributed by atoms with Gasteiger partial charge in [0.15, 0.2) is 0 Å². The monoisotopic (exact) mass is 282 g/mol. The average molecular weight is 283 g/mol. The molecule has 0 fully saturated rings. The Labute approximate surface area is 104 Å². The van der Waals surface area contributed by atoms with Crippen LogP contribution < -0.4 is 0 Å². The molecule has 1 rings (SSSR count). The van der Waals surface area contributed by atoms with Crippen molar-refractivity contribution in [2.75, 3.05) is 6.61 Å². The molecule has 0 N–H and O–H groups in total. The highest BCUT2D eigenvalue weighted by atomic mass is 79.9. The molecule has 86 valence electrons. The summed E-state index contributed by atoms with van der Waals surface area (Å²) in [4.78, 5) is 11.1. The topological polar surface area (TPSA) is 26.3 Å². The summed E-state index contributed by atoms with van der Waals surface area (Å²) in [5.74, 6) is -0.192. The predicted molar refractivity (Wildman–Crippen MR) is 69.2 cm³/mol. The van der Waals surface area contributed by atoms with Crippen LogP contribution in [-0.2, 0) is 9.53 Å². The van der Waals surface area contributed by atoms with Crippen LogP contribution in [0.2, 0.25) is 0 Å². The van der Waals surface area contributed by atoms with E-state index in [2.05, 4.69) is 22.0 Å². The van der Waals surface area contributed by atoms with E-state index in [1.807, 2.05) is 31.2 Å². The maximum Gasteiger partial charge on any atom is 0.309 e. The molecule has 0 spiro atoms. The Hall–Kier alpha value is -1.09. The molecule has 0 atom stereocenters. The summed E-state index contributed by atoms with van der Waals surface area (Å²) in [7, 11) is 0. The van der Waals surface area contributed by atoms with Crippen LogP contribution >= 0.6 is 15.9 Å². The number of hydrogen-bond donors (Lipinski definition) is 0. The predicted octanol–water partition coefficient (Wildman–Crippen LogP) is 3.72. The summed E-state index contributed by atoms with van der Waals surface area (Å²) >= 11 is 3.46. The van der Waals surface area contributed by atoms with Gasteiger partial charge >= 0.3 is 5.97 Å². The van der Waals surface area contributed by atoms with Gasteiger partial charge in [0.05, 0.1) is 13.0 Å². The number of benzene rings is 1. The summed E-state index contributed by atoms with van der Waals surface area (Å²) < 4.78 is 5.86. The molecule has 0 saturated heterocycles. The van der Waals surface area contributed by atoms with Crippen molar-refractivity contribution >= 4 is 28.0 Å². The van der Waals surface area contributed by atoms with Crippen molar-refractivity contribution in [3.05, 3.63) is 39.9 Å². The van der Waals surface area contributed by atoms with Crippen LogP contribution in [0.5, 0.6) is 0 Å². The Balaban J connectivity index is 2.62. The fourth-order valence-corrected chi connectivity index (χ4v) is 1.67. The first kappa shape index (κ1) is 13.0. The van der Waals surface area contributed by atoms with Gasteiger partial charge in [-0.05, 0) is 25.5 Å². The molecule has 0 heterocycles. The van der Waals surface area contributed by atoms with Crippen molar-refractivity contribution in [2.45, 2.75) is 20.3 Å². The zero-order valence-corrected chi connectivity index (χ0v) is 11.1.